The Labute approximate surface area is 181 Å². The van der Waals surface area contributed by atoms with Crippen molar-refractivity contribution >= 4 is 33.2 Å². The van der Waals surface area contributed by atoms with Gasteiger partial charge in [-0.15, -0.1) is 0 Å². The molecule has 0 radical (unpaired) electrons. The maximum absolute atomic E-state index is 12.9. The van der Waals surface area contributed by atoms with Crippen molar-refractivity contribution in [3.8, 4) is 5.75 Å². The van der Waals surface area contributed by atoms with E-state index in [1.165, 1.54) is 23.5 Å². The minimum Gasteiger partial charge on any atom is -0.492 e. The lowest BCUT2D eigenvalue weighted by molar-refractivity contribution is 0.0947. The van der Waals surface area contributed by atoms with E-state index in [-0.39, 0.29) is 29.5 Å². The molecule has 156 valence electrons. The number of rotatable bonds is 8. The summed E-state index contributed by atoms with van der Waals surface area (Å²) >= 11 is 5.82. The summed E-state index contributed by atoms with van der Waals surface area (Å²) in [5, 5.41) is 3.34. The van der Waals surface area contributed by atoms with Crippen molar-refractivity contribution in [2.24, 2.45) is 0 Å². The van der Waals surface area contributed by atoms with Gasteiger partial charge in [0, 0.05) is 17.6 Å². The van der Waals surface area contributed by atoms with Gasteiger partial charge in [-0.05, 0) is 54.6 Å². The summed E-state index contributed by atoms with van der Waals surface area (Å²) in [7, 11) is -2.32. The Morgan fingerprint density at radius 2 is 1.70 bits per heavy atom. The zero-order valence-corrected chi connectivity index (χ0v) is 17.9. The molecule has 0 saturated carbocycles. The molecule has 1 N–H and O–H groups in total. The molecule has 0 unspecified atom stereocenters. The van der Waals surface area contributed by atoms with Crippen LogP contribution in [0.4, 0.5) is 5.69 Å². The van der Waals surface area contributed by atoms with Crippen molar-refractivity contribution in [3.63, 3.8) is 0 Å². The highest BCUT2D eigenvalue weighted by Crippen LogP contribution is 2.22. The predicted molar refractivity (Wildman–Crippen MR) is 118 cm³/mol. The summed E-state index contributed by atoms with van der Waals surface area (Å²) in [5.74, 6) is 0.264. The number of ether oxygens (including phenoxy) is 1. The van der Waals surface area contributed by atoms with Gasteiger partial charge in [-0.1, -0.05) is 35.9 Å². The maximum atomic E-state index is 12.9. The first kappa shape index (κ1) is 21.7. The average Bonchev–Trinajstić information content (AvgIpc) is 2.78. The lowest BCUT2D eigenvalue weighted by Crippen LogP contribution is -2.29. The van der Waals surface area contributed by atoms with Crippen LogP contribution in [0.5, 0.6) is 5.75 Å². The second-order valence-corrected chi connectivity index (χ2v) is 8.80. The summed E-state index contributed by atoms with van der Waals surface area (Å²) < 4.78 is 32.5. The monoisotopic (exact) mass is 444 g/mol. The summed E-state index contributed by atoms with van der Waals surface area (Å²) in [6, 6.07) is 21.6. The average molecular weight is 445 g/mol. The fourth-order valence-electron chi connectivity index (χ4n) is 2.70. The van der Waals surface area contributed by atoms with E-state index in [2.05, 4.69) is 5.32 Å². The number of halogens is 1. The highest BCUT2D eigenvalue weighted by molar-refractivity contribution is 7.92. The van der Waals surface area contributed by atoms with E-state index in [9.17, 15) is 13.2 Å². The minimum absolute atomic E-state index is 0.0407. The van der Waals surface area contributed by atoms with Crippen LogP contribution >= 0.6 is 11.6 Å². The molecule has 0 aromatic heterocycles. The third-order valence-corrected chi connectivity index (χ3v) is 6.38. The quantitative estimate of drug-likeness (QED) is 0.533. The van der Waals surface area contributed by atoms with Gasteiger partial charge in [-0.3, -0.25) is 9.10 Å². The van der Waals surface area contributed by atoms with Gasteiger partial charge in [0.2, 0.25) is 0 Å². The summed E-state index contributed by atoms with van der Waals surface area (Å²) in [6.45, 7) is 0.532. The van der Waals surface area contributed by atoms with Gasteiger partial charge in [0.1, 0.15) is 12.4 Å². The Morgan fingerprint density at radius 1 is 1.00 bits per heavy atom. The molecule has 6 nitrogen and oxygen atoms in total. The number of hydrogen-bond acceptors (Lipinski definition) is 4. The van der Waals surface area contributed by atoms with E-state index >= 15 is 0 Å². The molecule has 0 fully saturated rings. The van der Waals surface area contributed by atoms with Crippen LogP contribution in [0.2, 0.25) is 5.02 Å². The number of carbonyl (C=O) groups is 1. The van der Waals surface area contributed by atoms with Crippen LogP contribution in [-0.4, -0.2) is 34.5 Å². The van der Waals surface area contributed by atoms with Crippen LogP contribution in [0.15, 0.2) is 83.8 Å². The molecule has 3 aromatic rings. The van der Waals surface area contributed by atoms with Gasteiger partial charge in [0.15, 0.2) is 0 Å². The van der Waals surface area contributed by atoms with Gasteiger partial charge in [0.25, 0.3) is 15.9 Å². The number of sulfonamides is 1. The number of para-hydroxylation sites is 1. The predicted octanol–water partition coefficient (Wildman–Crippen LogP) is 3.97. The summed E-state index contributed by atoms with van der Waals surface area (Å²) in [6.07, 6.45) is 0. The third-order valence-electron chi connectivity index (χ3n) is 4.34. The van der Waals surface area contributed by atoms with E-state index in [0.717, 1.165) is 0 Å². The molecule has 0 spiro atoms. The van der Waals surface area contributed by atoms with E-state index < -0.39 is 10.0 Å². The minimum atomic E-state index is -3.79. The second-order valence-electron chi connectivity index (χ2n) is 6.39. The fraction of sp³-hybridized carbons (Fsp3) is 0.136. The number of nitrogens with one attached hydrogen (secondary N) is 1. The molecule has 0 saturated heterocycles. The molecule has 0 aliphatic rings. The number of amides is 1. The molecule has 0 atom stereocenters. The molecule has 30 heavy (non-hydrogen) atoms. The van der Waals surface area contributed by atoms with Crippen molar-refractivity contribution in [2.75, 3.05) is 24.5 Å². The molecule has 3 rings (SSSR count). The van der Waals surface area contributed by atoms with Crippen LogP contribution in [0.3, 0.4) is 0 Å². The van der Waals surface area contributed by atoms with Gasteiger partial charge in [-0.2, -0.15) is 0 Å². The fourth-order valence-corrected chi connectivity index (χ4v) is 4.07. The molecule has 0 aliphatic heterocycles. The van der Waals surface area contributed by atoms with Crippen molar-refractivity contribution < 1.29 is 17.9 Å². The lowest BCUT2D eigenvalue weighted by atomic mass is 10.2. The van der Waals surface area contributed by atoms with Crippen molar-refractivity contribution in [3.05, 3.63) is 89.4 Å². The first-order chi connectivity index (χ1) is 14.4. The molecule has 3 aromatic carbocycles. The van der Waals surface area contributed by atoms with Gasteiger partial charge < -0.3 is 10.1 Å². The largest absolute Gasteiger partial charge is 0.492 e. The van der Waals surface area contributed by atoms with Crippen LogP contribution in [0.1, 0.15) is 10.4 Å². The summed E-state index contributed by atoms with van der Waals surface area (Å²) in [5.41, 5.74) is 0.788. The number of carbonyl (C=O) groups excluding carboxylic acids is 1. The lowest BCUT2D eigenvalue weighted by Gasteiger charge is -2.19. The molecule has 0 bridgehead atoms. The van der Waals surface area contributed by atoms with E-state index in [1.807, 2.05) is 6.07 Å². The number of benzene rings is 3. The Bertz CT molecular complexity index is 1100. The topological polar surface area (TPSA) is 75.7 Å². The molecular formula is C22H21ClN2O4S. The Kier molecular flexibility index (Phi) is 6.97. The van der Waals surface area contributed by atoms with Crippen LogP contribution in [0, 0.1) is 0 Å². The van der Waals surface area contributed by atoms with E-state index in [0.29, 0.717) is 16.5 Å². The third kappa shape index (κ3) is 5.31. The van der Waals surface area contributed by atoms with Crippen LogP contribution < -0.4 is 14.4 Å². The number of hydrogen-bond donors (Lipinski definition) is 1. The van der Waals surface area contributed by atoms with E-state index in [1.54, 1.807) is 60.7 Å². The standard InChI is InChI=1S/C22H21ClN2O4S/c1-25(19-7-3-2-4-8-19)30(27,28)21-9-5-6-17(16-21)22(26)24-14-15-29-20-12-10-18(23)11-13-20/h2-13,16H,14-15H2,1H3,(H,24,26). The highest BCUT2D eigenvalue weighted by atomic mass is 35.5. The van der Waals surface area contributed by atoms with Gasteiger partial charge in [0.05, 0.1) is 17.1 Å². The maximum Gasteiger partial charge on any atom is 0.264 e. The summed E-state index contributed by atoms with van der Waals surface area (Å²) in [4.78, 5) is 12.5. The zero-order chi connectivity index (χ0) is 21.6. The Morgan fingerprint density at radius 3 is 2.40 bits per heavy atom. The van der Waals surface area contributed by atoms with E-state index in [4.69, 9.17) is 16.3 Å². The van der Waals surface area contributed by atoms with Crippen molar-refractivity contribution in [1.29, 1.82) is 0 Å². The Hall–Kier alpha value is -3.03. The number of nitrogens with zero attached hydrogens (tertiary/aromatic N) is 1. The molecule has 0 heterocycles. The first-order valence-corrected chi connectivity index (χ1v) is 11.0. The highest BCUT2D eigenvalue weighted by Gasteiger charge is 2.22. The van der Waals surface area contributed by atoms with Crippen molar-refractivity contribution in [2.45, 2.75) is 4.90 Å². The molecule has 8 heteroatoms. The SMILES string of the molecule is CN(c1ccccc1)S(=O)(=O)c1cccc(C(=O)NCCOc2ccc(Cl)cc2)c1. The first-order valence-electron chi connectivity index (χ1n) is 9.18. The van der Waals surface area contributed by atoms with Gasteiger partial charge in [-0.25, -0.2) is 8.42 Å². The molecule has 0 aliphatic carbocycles. The zero-order valence-electron chi connectivity index (χ0n) is 16.3. The van der Waals surface area contributed by atoms with Crippen molar-refractivity contribution in [1.82, 2.24) is 5.32 Å². The van der Waals surface area contributed by atoms with Crippen LogP contribution in [0.25, 0.3) is 0 Å². The smallest absolute Gasteiger partial charge is 0.264 e. The number of anilines is 1. The van der Waals surface area contributed by atoms with Crippen LogP contribution in [-0.2, 0) is 10.0 Å². The van der Waals surface area contributed by atoms with Gasteiger partial charge >= 0.3 is 0 Å². The Balaban J connectivity index is 1.62. The normalized spacial score (nSPS) is 11.0. The second kappa shape index (κ2) is 9.65. The molecular weight excluding hydrogens is 424 g/mol. The molecule has 1 amide bonds.